The molecule has 0 fully saturated rings. The number of aliphatic hydroxyl groups excluding tert-OH is 1. The number of aliphatic hydroxyl groups is 1. The molecule has 2 atom stereocenters. The van der Waals surface area contributed by atoms with Gasteiger partial charge in [0.2, 0.25) is 5.91 Å². The van der Waals surface area contributed by atoms with E-state index in [-0.39, 0.29) is 23.3 Å². The third-order valence-electron chi connectivity index (χ3n) is 5.56. The Hall–Kier alpha value is -1.43. The van der Waals surface area contributed by atoms with Crippen LogP contribution in [0.2, 0.25) is 0 Å². The van der Waals surface area contributed by atoms with Gasteiger partial charge in [-0.15, -0.1) is 0 Å². The van der Waals surface area contributed by atoms with Crippen LogP contribution in [0.25, 0.3) is 0 Å². The number of esters is 1. The third kappa shape index (κ3) is 7.90. The number of nitrogens with zero attached hydrogens (tertiary/aromatic N) is 1. The van der Waals surface area contributed by atoms with E-state index < -0.39 is 23.7 Å². The van der Waals surface area contributed by atoms with E-state index in [0.717, 1.165) is 18.6 Å². The largest absolute Gasteiger partial charge is 0.458 e. The second-order valence-corrected chi connectivity index (χ2v) is 9.51. The van der Waals surface area contributed by atoms with Gasteiger partial charge in [0.25, 0.3) is 0 Å². The molecule has 0 saturated carbocycles. The predicted molar refractivity (Wildman–Crippen MR) is 115 cm³/mol. The van der Waals surface area contributed by atoms with Crippen molar-refractivity contribution in [3.8, 4) is 0 Å². The number of carbonyl (C=O) groups is 2. The smallest absolute Gasteiger partial charge is 0.328 e. The molecule has 6 nitrogen and oxygen atoms in total. The quantitative estimate of drug-likeness (QED) is 0.408. The summed E-state index contributed by atoms with van der Waals surface area (Å²) in [5, 5.41) is 11.8. The van der Waals surface area contributed by atoms with Crippen molar-refractivity contribution >= 4 is 17.6 Å². The van der Waals surface area contributed by atoms with Crippen LogP contribution >= 0.6 is 0 Å². The lowest BCUT2D eigenvalue weighted by molar-refractivity contribution is -0.160. The number of ether oxygens (including phenoxy) is 1. The van der Waals surface area contributed by atoms with Crippen LogP contribution in [0.15, 0.2) is 4.99 Å². The summed E-state index contributed by atoms with van der Waals surface area (Å²) in [5.74, 6) is -0.827. The van der Waals surface area contributed by atoms with E-state index in [0.29, 0.717) is 6.42 Å². The number of hydrogen-bond acceptors (Lipinski definition) is 5. The van der Waals surface area contributed by atoms with Crippen LogP contribution < -0.4 is 5.32 Å². The predicted octanol–water partition coefficient (Wildman–Crippen LogP) is 3.90. The molecule has 0 aliphatic carbocycles. The molecule has 0 spiro atoms. The van der Waals surface area contributed by atoms with Gasteiger partial charge in [0.15, 0.2) is 0 Å². The zero-order valence-corrected chi connectivity index (χ0v) is 19.6. The number of nitrogens with one attached hydrogen (secondary N) is 1. The van der Waals surface area contributed by atoms with Crippen molar-refractivity contribution in [3.05, 3.63) is 0 Å². The average molecular weight is 399 g/mol. The van der Waals surface area contributed by atoms with Crippen molar-refractivity contribution in [1.82, 2.24) is 5.32 Å². The molecule has 0 heterocycles. The Labute approximate surface area is 171 Å². The molecule has 28 heavy (non-hydrogen) atoms. The molecule has 0 aliphatic heterocycles. The normalized spacial score (nSPS) is 14.8. The van der Waals surface area contributed by atoms with Gasteiger partial charge in [-0.3, -0.25) is 9.79 Å². The molecule has 0 saturated heterocycles. The molecule has 0 radical (unpaired) electrons. The fourth-order valence-electron chi connectivity index (χ4n) is 2.93. The fourth-order valence-corrected chi connectivity index (χ4v) is 2.93. The van der Waals surface area contributed by atoms with Gasteiger partial charge in [-0.25, -0.2) is 4.79 Å². The first-order valence-corrected chi connectivity index (χ1v) is 10.4. The Balaban J connectivity index is 5.32. The highest BCUT2D eigenvalue weighted by Gasteiger charge is 2.35. The Kier molecular flexibility index (Phi) is 9.85. The Morgan fingerprint density at radius 3 is 1.86 bits per heavy atom. The van der Waals surface area contributed by atoms with Gasteiger partial charge in [0.1, 0.15) is 17.7 Å². The van der Waals surface area contributed by atoms with Crippen molar-refractivity contribution in [1.29, 1.82) is 0 Å². The molecule has 164 valence electrons. The minimum atomic E-state index is -0.787. The van der Waals surface area contributed by atoms with E-state index in [4.69, 9.17) is 14.8 Å². The molecule has 0 unspecified atom stereocenters. The van der Waals surface area contributed by atoms with Gasteiger partial charge in [0.05, 0.1) is 0 Å². The standard InChI is InChI=1S/C22H42N2O4/c1-11-20(5,6)19(21(7,8)12-2)24-15(3)17(26)23-16(4)18(27)28-22(9,10)13-14-25/h15-16,25H,11-14H2,1-10H3,(H,23,26)/t15-,16+/m1/s1. The topological polar surface area (TPSA) is 88.0 Å². The monoisotopic (exact) mass is 398 g/mol. The van der Waals surface area contributed by atoms with Gasteiger partial charge in [-0.1, -0.05) is 41.5 Å². The van der Waals surface area contributed by atoms with Gasteiger partial charge >= 0.3 is 5.97 Å². The van der Waals surface area contributed by atoms with E-state index in [1.807, 2.05) is 0 Å². The molecule has 2 N–H and O–H groups in total. The summed E-state index contributed by atoms with van der Waals surface area (Å²) in [6.45, 7) is 19.6. The lowest BCUT2D eigenvalue weighted by atomic mass is 9.70. The first kappa shape index (κ1) is 26.6. The molecule has 0 aromatic rings. The highest BCUT2D eigenvalue weighted by molar-refractivity contribution is 5.97. The van der Waals surface area contributed by atoms with Crippen LogP contribution in [0.1, 0.15) is 88.5 Å². The third-order valence-corrected chi connectivity index (χ3v) is 5.56. The molecule has 0 aromatic heterocycles. The maximum Gasteiger partial charge on any atom is 0.328 e. The highest BCUT2D eigenvalue weighted by atomic mass is 16.6. The molecule has 0 rings (SSSR count). The Bertz CT molecular complexity index is 547. The molecule has 1 amide bonds. The van der Waals surface area contributed by atoms with Crippen LogP contribution in [-0.4, -0.2) is 47.0 Å². The van der Waals surface area contributed by atoms with Crippen LogP contribution in [0.5, 0.6) is 0 Å². The highest BCUT2D eigenvalue weighted by Crippen LogP contribution is 2.36. The number of hydrogen-bond donors (Lipinski definition) is 2. The van der Waals surface area contributed by atoms with Gasteiger partial charge in [0, 0.05) is 29.6 Å². The van der Waals surface area contributed by atoms with Crippen LogP contribution in [0, 0.1) is 10.8 Å². The van der Waals surface area contributed by atoms with E-state index >= 15 is 0 Å². The van der Waals surface area contributed by atoms with Crippen LogP contribution in [-0.2, 0) is 14.3 Å². The first-order chi connectivity index (χ1) is 12.6. The summed E-state index contributed by atoms with van der Waals surface area (Å²) in [6.07, 6.45) is 2.18. The minimum absolute atomic E-state index is 0.0734. The fraction of sp³-hybridized carbons (Fsp3) is 0.864. The Morgan fingerprint density at radius 1 is 1.00 bits per heavy atom. The van der Waals surface area contributed by atoms with Crippen molar-refractivity contribution in [2.45, 2.75) is 106 Å². The molecular formula is C22H42N2O4. The summed E-state index contributed by atoms with van der Waals surface area (Å²) >= 11 is 0. The van der Waals surface area contributed by atoms with Gasteiger partial charge in [-0.2, -0.15) is 0 Å². The van der Waals surface area contributed by atoms with Gasteiger partial charge in [-0.05, 0) is 40.5 Å². The second-order valence-electron chi connectivity index (χ2n) is 9.51. The van der Waals surface area contributed by atoms with Crippen molar-refractivity contribution in [2.75, 3.05) is 6.61 Å². The van der Waals surface area contributed by atoms with E-state index in [1.165, 1.54) is 0 Å². The lowest BCUT2D eigenvalue weighted by Gasteiger charge is -2.37. The van der Waals surface area contributed by atoms with Crippen molar-refractivity contribution in [2.24, 2.45) is 15.8 Å². The summed E-state index contributed by atoms with van der Waals surface area (Å²) < 4.78 is 5.40. The van der Waals surface area contributed by atoms with Crippen LogP contribution in [0.3, 0.4) is 0 Å². The zero-order chi connectivity index (χ0) is 22.3. The number of amides is 1. The summed E-state index contributed by atoms with van der Waals surface area (Å²) in [5.41, 5.74) is 0.00435. The first-order valence-electron chi connectivity index (χ1n) is 10.4. The second kappa shape index (κ2) is 10.4. The van der Waals surface area contributed by atoms with Crippen molar-refractivity contribution in [3.63, 3.8) is 0 Å². The van der Waals surface area contributed by atoms with E-state index in [9.17, 15) is 9.59 Å². The number of aliphatic imine (C=N–C) groups is 1. The molecular weight excluding hydrogens is 356 g/mol. The lowest BCUT2D eigenvalue weighted by Crippen LogP contribution is -2.46. The number of carbonyl (C=O) groups excluding carboxylic acids is 2. The zero-order valence-electron chi connectivity index (χ0n) is 19.6. The molecule has 6 heteroatoms. The van der Waals surface area contributed by atoms with Crippen molar-refractivity contribution < 1.29 is 19.4 Å². The molecule has 0 aromatic carbocycles. The maximum atomic E-state index is 12.6. The Morgan fingerprint density at radius 2 is 1.46 bits per heavy atom. The maximum absolute atomic E-state index is 12.6. The van der Waals surface area contributed by atoms with E-state index in [1.54, 1.807) is 27.7 Å². The average Bonchev–Trinajstić information content (AvgIpc) is 2.58. The summed E-state index contributed by atoms with van der Waals surface area (Å²) in [6, 6.07) is -1.39. The SMILES string of the molecule is CCC(C)(C)C(=N[C@H](C)C(=O)N[C@@H](C)C(=O)OC(C)(C)CCO)C(C)(C)CC. The summed E-state index contributed by atoms with van der Waals surface area (Å²) in [7, 11) is 0. The van der Waals surface area contributed by atoms with Gasteiger partial charge < -0.3 is 15.2 Å². The summed E-state index contributed by atoms with van der Waals surface area (Å²) in [4.78, 5) is 29.7. The molecule has 0 aliphatic rings. The molecule has 0 bridgehead atoms. The minimum Gasteiger partial charge on any atom is -0.458 e. The van der Waals surface area contributed by atoms with E-state index in [2.05, 4.69) is 46.9 Å². The number of rotatable bonds is 11. The van der Waals surface area contributed by atoms with Crippen LogP contribution in [0.4, 0.5) is 0 Å².